The summed E-state index contributed by atoms with van der Waals surface area (Å²) < 4.78 is 5.55. The molecule has 0 bridgehead atoms. The maximum Gasteiger partial charge on any atom is 0.119 e. The predicted octanol–water partition coefficient (Wildman–Crippen LogP) is 2.48. The van der Waals surface area contributed by atoms with E-state index in [0.717, 1.165) is 25.3 Å². The lowest BCUT2D eigenvalue weighted by molar-refractivity contribution is 0.312. The standard InChI is InChI=1S/C13H18N2O/c1-2-15-11-12-6-5-7-13(10-12)16-9-4-3-8-14/h5-7,10,15H,2-4,9,11H2,1H3. The fraction of sp³-hybridized carbons (Fsp3) is 0.462. The molecule has 1 aromatic rings. The van der Waals surface area contributed by atoms with E-state index in [4.69, 9.17) is 10.00 Å². The number of ether oxygens (including phenoxy) is 1. The van der Waals surface area contributed by atoms with Gasteiger partial charge in [-0.25, -0.2) is 0 Å². The number of hydrogen-bond donors (Lipinski definition) is 1. The molecule has 0 saturated carbocycles. The molecule has 0 saturated heterocycles. The van der Waals surface area contributed by atoms with Crippen molar-refractivity contribution in [3.63, 3.8) is 0 Å². The van der Waals surface area contributed by atoms with Crippen molar-refractivity contribution in [2.45, 2.75) is 26.3 Å². The van der Waals surface area contributed by atoms with Gasteiger partial charge in [0.15, 0.2) is 0 Å². The average Bonchev–Trinajstić information content (AvgIpc) is 2.33. The first-order valence-corrected chi connectivity index (χ1v) is 5.66. The number of unbranched alkanes of at least 4 members (excludes halogenated alkanes) is 1. The number of hydrogen-bond acceptors (Lipinski definition) is 3. The van der Waals surface area contributed by atoms with Gasteiger partial charge in [0.05, 0.1) is 12.7 Å². The van der Waals surface area contributed by atoms with Crippen LogP contribution >= 0.6 is 0 Å². The Bertz CT molecular complexity index is 344. The summed E-state index contributed by atoms with van der Waals surface area (Å²) in [6.07, 6.45) is 1.34. The zero-order chi connectivity index (χ0) is 11.6. The SMILES string of the molecule is CCNCc1cccc(OCCCC#N)c1. The lowest BCUT2D eigenvalue weighted by atomic mass is 10.2. The lowest BCUT2D eigenvalue weighted by Gasteiger charge is -2.07. The van der Waals surface area contributed by atoms with Crippen molar-refractivity contribution in [3.05, 3.63) is 29.8 Å². The molecule has 16 heavy (non-hydrogen) atoms. The molecule has 1 rings (SSSR count). The number of rotatable bonds is 7. The van der Waals surface area contributed by atoms with Crippen LogP contribution in [0.3, 0.4) is 0 Å². The van der Waals surface area contributed by atoms with Gasteiger partial charge in [-0.15, -0.1) is 0 Å². The van der Waals surface area contributed by atoms with Crippen LogP contribution in [-0.4, -0.2) is 13.2 Å². The minimum Gasteiger partial charge on any atom is -0.494 e. The van der Waals surface area contributed by atoms with E-state index in [1.807, 2.05) is 18.2 Å². The molecule has 0 atom stereocenters. The Morgan fingerprint density at radius 2 is 2.31 bits per heavy atom. The highest BCUT2D eigenvalue weighted by molar-refractivity contribution is 5.28. The summed E-state index contributed by atoms with van der Waals surface area (Å²) in [6, 6.07) is 10.2. The van der Waals surface area contributed by atoms with Crippen LogP contribution in [0.4, 0.5) is 0 Å². The van der Waals surface area contributed by atoms with E-state index in [1.165, 1.54) is 5.56 Å². The van der Waals surface area contributed by atoms with Gasteiger partial charge in [0, 0.05) is 13.0 Å². The second kappa shape index (κ2) is 7.72. The molecule has 86 valence electrons. The molecule has 1 N–H and O–H groups in total. The van der Waals surface area contributed by atoms with E-state index in [2.05, 4.69) is 24.4 Å². The molecule has 1 aromatic carbocycles. The molecule has 0 aliphatic heterocycles. The molecule has 0 radical (unpaired) electrons. The van der Waals surface area contributed by atoms with E-state index in [-0.39, 0.29) is 0 Å². The third kappa shape index (κ3) is 4.81. The molecular formula is C13H18N2O. The Labute approximate surface area is 97.0 Å². The summed E-state index contributed by atoms with van der Waals surface area (Å²) in [7, 11) is 0. The summed E-state index contributed by atoms with van der Waals surface area (Å²) in [5.41, 5.74) is 1.22. The zero-order valence-electron chi connectivity index (χ0n) is 9.70. The smallest absolute Gasteiger partial charge is 0.119 e. The Morgan fingerprint density at radius 3 is 3.06 bits per heavy atom. The summed E-state index contributed by atoms with van der Waals surface area (Å²) in [5, 5.41) is 11.7. The molecule has 0 aliphatic rings. The predicted molar refractivity (Wildman–Crippen MR) is 64.2 cm³/mol. The van der Waals surface area contributed by atoms with Crippen molar-refractivity contribution >= 4 is 0 Å². The van der Waals surface area contributed by atoms with Crippen LogP contribution in [0.5, 0.6) is 5.75 Å². The average molecular weight is 218 g/mol. The van der Waals surface area contributed by atoms with Gasteiger partial charge in [-0.3, -0.25) is 0 Å². The van der Waals surface area contributed by atoms with Crippen LogP contribution in [-0.2, 0) is 6.54 Å². The fourth-order valence-corrected chi connectivity index (χ4v) is 1.36. The van der Waals surface area contributed by atoms with Crippen LogP contribution in [0.2, 0.25) is 0 Å². The highest BCUT2D eigenvalue weighted by Gasteiger charge is 1.96. The highest BCUT2D eigenvalue weighted by atomic mass is 16.5. The molecule has 0 amide bonds. The maximum absolute atomic E-state index is 8.39. The Kier molecular flexibility index (Phi) is 6.05. The van der Waals surface area contributed by atoms with Gasteiger partial charge in [0.1, 0.15) is 5.75 Å². The van der Waals surface area contributed by atoms with E-state index in [0.29, 0.717) is 13.0 Å². The third-order valence-electron chi connectivity index (χ3n) is 2.18. The van der Waals surface area contributed by atoms with Crippen molar-refractivity contribution < 1.29 is 4.74 Å². The van der Waals surface area contributed by atoms with E-state index in [9.17, 15) is 0 Å². The molecule has 0 fully saturated rings. The van der Waals surface area contributed by atoms with Crippen molar-refractivity contribution in [2.75, 3.05) is 13.2 Å². The van der Waals surface area contributed by atoms with Crippen LogP contribution in [0.1, 0.15) is 25.3 Å². The highest BCUT2D eigenvalue weighted by Crippen LogP contribution is 2.13. The van der Waals surface area contributed by atoms with Crippen LogP contribution < -0.4 is 10.1 Å². The molecule has 3 nitrogen and oxygen atoms in total. The van der Waals surface area contributed by atoms with E-state index >= 15 is 0 Å². The topological polar surface area (TPSA) is 45.0 Å². The van der Waals surface area contributed by atoms with Gasteiger partial charge >= 0.3 is 0 Å². The number of nitriles is 1. The normalized spacial score (nSPS) is 9.75. The van der Waals surface area contributed by atoms with Crippen LogP contribution in [0, 0.1) is 11.3 Å². The van der Waals surface area contributed by atoms with E-state index < -0.39 is 0 Å². The van der Waals surface area contributed by atoms with Crippen LogP contribution in [0.15, 0.2) is 24.3 Å². The largest absolute Gasteiger partial charge is 0.494 e. The first-order chi connectivity index (χ1) is 7.86. The molecule has 0 aromatic heterocycles. The summed E-state index contributed by atoms with van der Waals surface area (Å²) in [6.45, 7) is 4.53. The van der Waals surface area contributed by atoms with Gasteiger partial charge < -0.3 is 10.1 Å². The molecule has 0 spiro atoms. The van der Waals surface area contributed by atoms with Crippen molar-refractivity contribution in [1.82, 2.24) is 5.32 Å². The monoisotopic (exact) mass is 218 g/mol. The van der Waals surface area contributed by atoms with Gasteiger partial charge in [0.25, 0.3) is 0 Å². The summed E-state index contributed by atoms with van der Waals surface area (Å²) in [5.74, 6) is 0.883. The van der Waals surface area contributed by atoms with Crippen molar-refractivity contribution in [3.8, 4) is 11.8 Å². The van der Waals surface area contributed by atoms with Gasteiger partial charge in [-0.05, 0) is 30.7 Å². The maximum atomic E-state index is 8.39. The Morgan fingerprint density at radius 1 is 1.44 bits per heavy atom. The summed E-state index contributed by atoms with van der Waals surface area (Å²) >= 11 is 0. The Balaban J connectivity index is 2.38. The number of benzene rings is 1. The lowest BCUT2D eigenvalue weighted by Crippen LogP contribution is -2.11. The molecule has 3 heteroatoms. The first kappa shape index (κ1) is 12.5. The molecule has 0 unspecified atom stereocenters. The molecule has 0 aliphatic carbocycles. The minimum absolute atomic E-state index is 0.553. The second-order valence-electron chi connectivity index (χ2n) is 3.54. The second-order valence-corrected chi connectivity index (χ2v) is 3.54. The van der Waals surface area contributed by atoms with Crippen molar-refractivity contribution in [1.29, 1.82) is 5.26 Å². The van der Waals surface area contributed by atoms with Gasteiger partial charge in [-0.1, -0.05) is 19.1 Å². The van der Waals surface area contributed by atoms with E-state index in [1.54, 1.807) is 0 Å². The fourth-order valence-electron chi connectivity index (χ4n) is 1.36. The third-order valence-corrected chi connectivity index (χ3v) is 2.18. The van der Waals surface area contributed by atoms with Gasteiger partial charge in [0.2, 0.25) is 0 Å². The first-order valence-electron chi connectivity index (χ1n) is 5.66. The van der Waals surface area contributed by atoms with Gasteiger partial charge in [-0.2, -0.15) is 5.26 Å². The Hall–Kier alpha value is -1.53. The quantitative estimate of drug-likeness (QED) is 0.715. The summed E-state index contributed by atoms with van der Waals surface area (Å²) in [4.78, 5) is 0. The van der Waals surface area contributed by atoms with Crippen LogP contribution in [0.25, 0.3) is 0 Å². The number of nitrogens with zero attached hydrogens (tertiary/aromatic N) is 1. The van der Waals surface area contributed by atoms with Crippen molar-refractivity contribution in [2.24, 2.45) is 0 Å². The minimum atomic E-state index is 0.553. The zero-order valence-corrected chi connectivity index (χ0v) is 9.70. The molecule has 0 heterocycles. The number of nitrogens with one attached hydrogen (secondary N) is 1. The molecular weight excluding hydrogens is 200 g/mol.